The summed E-state index contributed by atoms with van der Waals surface area (Å²) in [6.45, 7) is 3.88. The quantitative estimate of drug-likeness (QED) is 0.771. The van der Waals surface area contributed by atoms with Crippen LogP contribution in [0, 0.1) is 0 Å². The molecular formula is C16H17ClN4. The molecule has 0 spiro atoms. The van der Waals surface area contributed by atoms with E-state index in [0.29, 0.717) is 5.02 Å². The molecule has 5 heteroatoms. The number of nitrogens with one attached hydrogen (secondary N) is 1. The Morgan fingerprint density at radius 3 is 3.05 bits per heavy atom. The Balaban J connectivity index is 1.85. The maximum Gasteiger partial charge on any atom is 0.0948 e. The fourth-order valence-corrected chi connectivity index (χ4v) is 2.63. The highest BCUT2D eigenvalue weighted by Gasteiger charge is 2.06. The number of nitrogens with zero attached hydrogens (tertiary/aromatic N) is 3. The van der Waals surface area contributed by atoms with Crippen molar-refractivity contribution in [2.75, 3.05) is 5.32 Å². The zero-order valence-corrected chi connectivity index (χ0v) is 12.6. The van der Waals surface area contributed by atoms with E-state index in [9.17, 15) is 0 Å². The second-order valence-electron chi connectivity index (χ2n) is 4.93. The van der Waals surface area contributed by atoms with Gasteiger partial charge in [-0.3, -0.25) is 4.98 Å². The van der Waals surface area contributed by atoms with Gasteiger partial charge in [0.25, 0.3) is 0 Å². The Morgan fingerprint density at radius 2 is 2.19 bits per heavy atom. The van der Waals surface area contributed by atoms with Crippen LogP contribution in [-0.4, -0.2) is 14.5 Å². The molecule has 0 aliphatic rings. The Kier molecular flexibility index (Phi) is 4.06. The van der Waals surface area contributed by atoms with Crippen LogP contribution >= 0.6 is 11.6 Å². The number of pyridine rings is 1. The van der Waals surface area contributed by atoms with Gasteiger partial charge in [-0.05, 0) is 30.7 Å². The minimum Gasteiger partial charge on any atom is -0.379 e. The van der Waals surface area contributed by atoms with Crippen molar-refractivity contribution in [3.05, 3.63) is 53.7 Å². The van der Waals surface area contributed by atoms with E-state index in [4.69, 9.17) is 11.6 Å². The van der Waals surface area contributed by atoms with Gasteiger partial charge in [0, 0.05) is 30.0 Å². The summed E-state index contributed by atoms with van der Waals surface area (Å²) in [4.78, 5) is 8.56. The summed E-state index contributed by atoms with van der Waals surface area (Å²) in [6, 6.07) is 7.82. The van der Waals surface area contributed by atoms with Crippen LogP contribution in [0.1, 0.15) is 19.0 Å². The molecule has 108 valence electrons. The van der Waals surface area contributed by atoms with Crippen molar-refractivity contribution in [1.29, 1.82) is 0 Å². The van der Waals surface area contributed by atoms with E-state index < -0.39 is 0 Å². The summed E-state index contributed by atoms with van der Waals surface area (Å²) < 4.78 is 2.17. The van der Waals surface area contributed by atoms with Crippen LogP contribution in [0.15, 0.2) is 43.0 Å². The fourth-order valence-electron chi connectivity index (χ4n) is 2.42. The van der Waals surface area contributed by atoms with Gasteiger partial charge in [0.15, 0.2) is 0 Å². The molecule has 2 heterocycles. The first-order valence-electron chi connectivity index (χ1n) is 7.05. The molecule has 0 fully saturated rings. The molecule has 3 rings (SSSR count). The second-order valence-corrected chi connectivity index (χ2v) is 5.33. The number of fused-ring (bicyclic) bond motifs is 1. The van der Waals surface area contributed by atoms with E-state index in [2.05, 4.69) is 26.8 Å². The molecule has 0 radical (unpaired) electrons. The summed E-state index contributed by atoms with van der Waals surface area (Å²) in [7, 11) is 0. The molecular weight excluding hydrogens is 284 g/mol. The van der Waals surface area contributed by atoms with E-state index in [1.54, 1.807) is 6.20 Å². The number of anilines is 1. The highest BCUT2D eigenvalue weighted by atomic mass is 35.5. The van der Waals surface area contributed by atoms with Crippen LogP contribution in [-0.2, 0) is 13.1 Å². The summed E-state index contributed by atoms with van der Waals surface area (Å²) in [5.41, 5.74) is 3.03. The lowest BCUT2D eigenvalue weighted by molar-refractivity contribution is 0.651. The number of benzene rings is 1. The number of imidazole rings is 1. The number of hydrogen-bond donors (Lipinski definition) is 1. The monoisotopic (exact) mass is 300 g/mol. The molecule has 0 bridgehead atoms. The SMILES string of the molecule is CCCn1cncc1CNc1ccc(Cl)c2ncccc12. The summed E-state index contributed by atoms with van der Waals surface area (Å²) in [5.74, 6) is 0. The van der Waals surface area contributed by atoms with Crippen LogP contribution in [0.5, 0.6) is 0 Å². The third-order valence-electron chi connectivity index (χ3n) is 3.44. The van der Waals surface area contributed by atoms with Crippen LogP contribution in [0.2, 0.25) is 5.02 Å². The van der Waals surface area contributed by atoms with Crippen LogP contribution in [0.4, 0.5) is 5.69 Å². The second kappa shape index (κ2) is 6.14. The van der Waals surface area contributed by atoms with Crippen molar-refractivity contribution in [2.45, 2.75) is 26.4 Å². The average Bonchev–Trinajstić information content (AvgIpc) is 2.95. The number of rotatable bonds is 5. The van der Waals surface area contributed by atoms with Gasteiger partial charge in [0.1, 0.15) is 0 Å². The summed E-state index contributed by atoms with van der Waals surface area (Å²) >= 11 is 6.19. The van der Waals surface area contributed by atoms with Crippen molar-refractivity contribution < 1.29 is 0 Å². The average molecular weight is 301 g/mol. The maximum absolute atomic E-state index is 6.19. The Bertz CT molecular complexity index is 751. The number of aryl methyl sites for hydroxylation is 1. The molecule has 0 atom stereocenters. The standard InChI is InChI=1S/C16H17ClN4/c1-2-8-21-11-18-9-12(21)10-20-15-6-5-14(17)16-13(15)4-3-7-19-16/h3-7,9,11,20H,2,8,10H2,1H3. The van der Waals surface area contributed by atoms with Crippen molar-refractivity contribution in [1.82, 2.24) is 14.5 Å². The van der Waals surface area contributed by atoms with E-state index >= 15 is 0 Å². The van der Waals surface area contributed by atoms with Gasteiger partial charge in [-0.25, -0.2) is 4.98 Å². The number of halogens is 1. The predicted molar refractivity (Wildman–Crippen MR) is 86.6 cm³/mol. The van der Waals surface area contributed by atoms with E-state index in [-0.39, 0.29) is 0 Å². The molecule has 3 aromatic rings. The Morgan fingerprint density at radius 1 is 1.29 bits per heavy atom. The summed E-state index contributed by atoms with van der Waals surface area (Å²) in [5, 5.41) is 5.16. The zero-order chi connectivity index (χ0) is 14.7. The number of hydrogen-bond acceptors (Lipinski definition) is 3. The molecule has 0 aliphatic carbocycles. The topological polar surface area (TPSA) is 42.7 Å². The lowest BCUT2D eigenvalue weighted by Gasteiger charge is -2.11. The summed E-state index contributed by atoms with van der Waals surface area (Å²) in [6.07, 6.45) is 6.63. The Hall–Kier alpha value is -2.07. The highest BCUT2D eigenvalue weighted by molar-refractivity contribution is 6.35. The van der Waals surface area contributed by atoms with E-state index in [1.165, 1.54) is 5.69 Å². The van der Waals surface area contributed by atoms with Gasteiger partial charge < -0.3 is 9.88 Å². The molecule has 0 saturated carbocycles. The van der Waals surface area contributed by atoms with Crippen LogP contribution < -0.4 is 5.32 Å². The maximum atomic E-state index is 6.19. The normalized spacial score (nSPS) is 11.0. The molecule has 0 unspecified atom stereocenters. The van der Waals surface area contributed by atoms with Crippen molar-refractivity contribution >= 4 is 28.2 Å². The molecule has 1 aromatic carbocycles. The molecule has 1 N–H and O–H groups in total. The lowest BCUT2D eigenvalue weighted by Crippen LogP contribution is -2.07. The first kappa shape index (κ1) is 13.9. The van der Waals surface area contributed by atoms with Gasteiger partial charge in [-0.1, -0.05) is 18.5 Å². The molecule has 4 nitrogen and oxygen atoms in total. The first-order chi connectivity index (χ1) is 10.3. The van der Waals surface area contributed by atoms with Crippen molar-refractivity contribution in [3.8, 4) is 0 Å². The Labute approximate surface area is 128 Å². The number of aromatic nitrogens is 3. The van der Waals surface area contributed by atoms with Gasteiger partial charge in [0.05, 0.1) is 29.1 Å². The predicted octanol–water partition coefficient (Wildman–Crippen LogP) is 4.11. The smallest absolute Gasteiger partial charge is 0.0948 e. The van der Waals surface area contributed by atoms with Crippen molar-refractivity contribution in [3.63, 3.8) is 0 Å². The van der Waals surface area contributed by atoms with Crippen molar-refractivity contribution in [2.24, 2.45) is 0 Å². The third-order valence-corrected chi connectivity index (χ3v) is 3.75. The van der Waals surface area contributed by atoms with Gasteiger partial charge >= 0.3 is 0 Å². The minimum absolute atomic E-state index is 0.673. The fraction of sp³-hybridized carbons (Fsp3) is 0.250. The van der Waals surface area contributed by atoms with E-state index in [0.717, 1.165) is 36.1 Å². The molecule has 0 amide bonds. The molecule has 21 heavy (non-hydrogen) atoms. The van der Waals surface area contributed by atoms with Crippen LogP contribution in [0.3, 0.4) is 0 Å². The highest BCUT2D eigenvalue weighted by Crippen LogP contribution is 2.28. The largest absolute Gasteiger partial charge is 0.379 e. The third kappa shape index (κ3) is 2.85. The molecule has 0 saturated heterocycles. The van der Waals surface area contributed by atoms with Crippen LogP contribution in [0.25, 0.3) is 10.9 Å². The lowest BCUT2D eigenvalue weighted by atomic mass is 10.2. The van der Waals surface area contributed by atoms with Gasteiger partial charge in [-0.15, -0.1) is 0 Å². The van der Waals surface area contributed by atoms with Gasteiger partial charge in [-0.2, -0.15) is 0 Å². The minimum atomic E-state index is 0.673. The first-order valence-corrected chi connectivity index (χ1v) is 7.43. The van der Waals surface area contributed by atoms with E-state index in [1.807, 2.05) is 36.8 Å². The molecule has 2 aromatic heterocycles. The van der Waals surface area contributed by atoms with Gasteiger partial charge in [0.2, 0.25) is 0 Å². The zero-order valence-electron chi connectivity index (χ0n) is 11.9. The molecule has 0 aliphatic heterocycles.